The third-order valence-electron chi connectivity index (χ3n) is 4.32. The van der Waals surface area contributed by atoms with Crippen molar-refractivity contribution >= 4 is 5.91 Å². The Kier molecular flexibility index (Phi) is 4.03. The van der Waals surface area contributed by atoms with Crippen molar-refractivity contribution in [2.75, 3.05) is 6.61 Å². The molecule has 1 saturated heterocycles. The molecule has 1 aromatic rings. The summed E-state index contributed by atoms with van der Waals surface area (Å²) < 4.78 is 5.58. The minimum absolute atomic E-state index is 0.0242. The van der Waals surface area contributed by atoms with E-state index < -0.39 is 0 Å². The number of rotatable bonds is 4. The topological polar surface area (TPSA) is 50.4 Å². The first-order valence-corrected chi connectivity index (χ1v) is 7.48. The number of ether oxygens (including phenoxy) is 1. The molecule has 1 amide bonds. The van der Waals surface area contributed by atoms with Gasteiger partial charge >= 0.3 is 0 Å². The number of fused-ring (bicyclic) bond motifs is 1. The molecule has 3 rings (SSSR count). The lowest BCUT2D eigenvalue weighted by Crippen LogP contribution is -2.34. The average Bonchev–Trinajstić information content (AvgIpc) is 3.12. The second-order valence-corrected chi connectivity index (χ2v) is 5.64. The summed E-state index contributed by atoms with van der Waals surface area (Å²) in [4.78, 5) is 12.2. The van der Waals surface area contributed by atoms with Gasteiger partial charge in [0.1, 0.15) is 0 Å². The van der Waals surface area contributed by atoms with Crippen LogP contribution in [0.15, 0.2) is 18.2 Å². The molecule has 20 heavy (non-hydrogen) atoms. The van der Waals surface area contributed by atoms with Crippen molar-refractivity contribution in [2.45, 2.75) is 45.5 Å². The number of amides is 1. The maximum Gasteiger partial charge on any atom is 0.226 e. The Hall–Kier alpha value is -1.39. The largest absolute Gasteiger partial charge is 0.377 e. The number of hydrogen-bond donors (Lipinski definition) is 2. The summed E-state index contributed by atoms with van der Waals surface area (Å²) in [6.45, 7) is 5.29. The zero-order valence-electron chi connectivity index (χ0n) is 11.9. The second-order valence-electron chi connectivity index (χ2n) is 5.64. The van der Waals surface area contributed by atoms with Gasteiger partial charge in [-0.2, -0.15) is 0 Å². The summed E-state index contributed by atoms with van der Waals surface area (Å²) in [6, 6.07) is 6.46. The molecule has 4 heteroatoms. The molecule has 0 aromatic heterocycles. The lowest BCUT2D eigenvalue weighted by molar-refractivity contribution is -0.126. The highest BCUT2D eigenvalue weighted by molar-refractivity contribution is 5.79. The van der Waals surface area contributed by atoms with Crippen LogP contribution in [0.5, 0.6) is 0 Å². The van der Waals surface area contributed by atoms with Crippen molar-refractivity contribution < 1.29 is 9.53 Å². The highest BCUT2D eigenvalue weighted by Crippen LogP contribution is 2.23. The van der Waals surface area contributed by atoms with Crippen LogP contribution in [-0.2, 0) is 29.2 Å². The first-order valence-electron chi connectivity index (χ1n) is 7.48. The van der Waals surface area contributed by atoms with Crippen LogP contribution in [0, 0.1) is 5.92 Å². The lowest BCUT2D eigenvalue weighted by Gasteiger charge is -2.16. The van der Waals surface area contributed by atoms with Crippen molar-refractivity contribution in [2.24, 2.45) is 5.92 Å². The van der Waals surface area contributed by atoms with E-state index in [9.17, 15) is 4.79 Å². The van der Waals surface area contributed by atoms with Gasteiger partial charge in [-0.3, -0.25) is 4.79 Å². The van der Waals surface area contributed by atoms with E-state index in [0.717, 1.165) is 25.9 Å². The number of benzene rings is 1. The van der Waals surface area contributed by atoms with Crippen LogP contribution in [0.1, 0.15) is 36.5 Å². The zero-order valence-corrected chi connectivity index (χ0v) is 11.9. The van der Waals surface area contributed by atoms with Gasteiger partial charge in [0.25, 0.3) is 0 Å². The Morgan fingerprint density at radius 3 is 3.10 bits per heavy atom. The molecule has 1 aromatic carbocycles. The standard InChI is InChI=1S/C16H22N2O2/c1-2-15-14(5-6-20-15)16(19)18-8-11-3-4-12-9-17-10-13(12)7-11/h3-4,7,14-15,17H,2,5-6,8-10H2,1H3,(H,18,19). The zero-order chi connectivity index (χ0) is 13.9. The third kappa shape index (κ3) is 2.72. The SMILES string of the molecule is CCC1OCCC1C(=O)NCc1ccc2c(c1)CNC2. The molecule has 0 aliphatic carbocycles. The summed E-state index contributed by atoms with van der Waals surface area (Å²) in [6.07, 6.45) is 1.85. The van der Waals surface area contributed by atoms with E-state index in [2.05, 4.69) is 35.8 Å². The fraction of sp³-hybridized carbons (Fsp3) is 0.562. The molecule has 4 nitrogen and oxygen atoms in total. The summed E-state index contributed by atoms with van der Waals surface area (Å²) in [7, 11) is 0. The van der Waals surface area contributed by atoms with Crippen LogP contribution in [0.2, 0.25) is 0 Å². The third-order valence-corrected chi connectivity index (χ3v) is 4.32. The van der Waals surface area contributed by atoms with Crippen molar-refractivity contribution in [1.82, 2.24) is 10.6 Å². The Morgan fingerprint density at radius 2 is 2.25 bits per heavy atom. The Morgan fingerprint density at radius 1 is 1.40 bits per heavy atom. The number of carbonyl (C=O) groups excluding carboxylic acids is 1. The van der Waals surface area contributed by atoms with Crippen LogP contribution < -0.4 is 10.6 Å². The highest BCUT2D eigenvalue weighted by atomic mass is 16.5. The smallest absolute Gasteiger partial charge is 0.226 e. The van der Waals surface area contributed by atoms with Crippen LogP contribution in [0.25, 0.3) is 0 Å². The monoisotopic (exact) mass is 274 g/mol. The second kappa shape index (κ2) is 5.94. The van der Waals surface area contributed by atoms with Crippen molar-refractivity contribution in [3.8, 4) is 0 Å². The fourth-order valence-corrected chi connectivity index (χ4v) is 3.13. The molecule has 2 atom stereocenters. The highest BCUT2D eigenvalue weighted by Gasteiger charge is 2.32. The first-order chi connectivity index (χ1) is 9.78. The lowest BCUT2D eigenvalue weighted by atomic mass is 9.98. The Balaban J connectivity index is 1.58. The van der Waals surface area contributed by atoms with Gasteiger partial charge in [-0.25, -0.2) is 0 Å². The molecule has 0 bridgehead atoms. The van der Waals surface area contributed by atoms with Gasteiger partial charge in [-0.15, -0.1) is 0 Å². The molecule has 0 radical (unpaired) electrons. The van der Waals surface area contributed by atoms with E-state index in [1.54, 1.807) is 0 Å². The summed E-state index contributed by atoms with van der Waals surface area (Å²) in [5, 5.41) is 6.39. The van der Waals surface area contributed by atoms with Gasteiger partial charge in [0.2, 0.25) is 5.91 Å². The average molecular weight is 274 g/mol. The molecule has 2 N–H and O–H groups in total. The quantitative estimate of drug-likeness (QED) is 0.879. The van der Waals surface area contributed by atoms with E-state index in [-0.39, 0.29) is 17.9 Å². The van der Waals surface area contributed by atoms with Crippen LogP contribution in [0.4, 0.5) is 0 Å². The van der Waals surface area contributed by atoms with Gasteiger partial charge in [0.05, 0.1) is 12.0 Å². The van der Waals surface area contributed by atoms with Gasteiger partial charge in [-0.1, -0.05) is 25.1 Å². The molecule has 1 fully saturated rings. The predicted octanol–water partition coefficient (Wildman–Crippen LogP) is 1.72. The minimum atomic E-state index is 0.0242. The number of hydrogen-bond acceptors (Lipinski definition) is 3. The van der Waals surface area contributed by atoms with Gasteiger partial charge in [-0.05, 0) is 29.5 Å². The summed E-state index contributed by atoms with van der Waals surface area (Å²) >= 11 is 0. The minimum Gasteiger partial charge on any atom is -0.377 e. The maximum absolute atomic E-state index is 12.2. The number of carbonyl (C=O) groups is 1. The van der Waals surface area contributed by atoms with E-state index in [4.69, 9.17) is 4.74 Å². The van der Waals surface area contributed by atoms with Crippen LogP contribution in [-0.4, -0.2) is 18.6 Å². The van der Waals surface area contributed by atoms with E-state index >= 15 is 0 Å². The van der Waals surface area contributed by atoms with Crippen LogP contribution in [0.3, 0.4) is 0 Å². The van der Waals surface area contributed by atoms with E-state index in [1.165, 1.54) is 16.7 Å². The van der Waals surface area contributed by atoms with Gasteiger partial charge < -0.3 is 15.4 Å². The molecule has 2 aliphatic heterocycles. The summed E-state index contributed by atoms with van der Waals surface area (Å²) in [5.41, 5.74) is 3.90. The number of nitrogens with one attached hydrogen (secondary N) is 2. The molecule has 2 unspecified atom stereocenters. The normalized spacial score (nSPS) is 24.6. The fourth-order valence-electron chi connectivity index (χ4n) is 3.13. The summed E-state index contributed by atoms with van der Waals surface area (Å²) in [5.74, 6) is 0.157. The van der Waals surface area contributed by atoms with E-state index in [0.29, 0.717) is 13.2 Å². The molecular formula is C16H22N2O2. The molecule has 0 saturated carbocycles. The van der Waals surface area contributed by atoms with Gasteiger partial charge in [0.15, 0.2) is 0 Å². The maximum atomic E-state index is 12.2. The van der Waals surface area contributed by atoms with E-state index in [1.807, 2.05) is 0 Å². The van der Waals surface area contributed by atoms with Gasteiger partial charge in [0, 0.05) is 26.2 Å². The Bertz CT molecular complexity index is 501. The molecular weight excluding hydrogens is 252 g/mol. The van der Waals surface area contributed by atoms with Crippen LogP contribution >= 0.6 is 0 Å². The first kappa shape index (κ1) is 13.6. The van der Waals surface area contributed by atoms with Crippen molar-refractivity contribution in [1.29, 1.82) is 0 Å². The van der Waals surface area contributed by atoms with Crippen molar-refractivity contribution in [3.63, 3.8) is 0 Å². The predicted molar refractivity (Wildman–Crippen MR) is 77.0 cm³/mol. The molecule has 2 aliphatic rings. The molecule has 0 spiro atoms. The molecule has 2 heterocycles. The Labute approximate surface area is 119 Å². The van der Waals surface area contributed by atoms with Crippen molar-refractivity contribution in [3.05, 3.63) is 34.9 Å². The molecule has 108 valence electrons.